The van der Waals surface area contributed by atoms with Crippen LogP contribution in [0.2, 0.25) is 0 Å². The molecule has 0 unspecified atom stereocenters. The summed E-state index contributed by atoms with van der Waals surface area (Å²) >= 11 is 0. The maximum atomic E-state index is 11.6. The van der Waals surface area contributed by atoms with Crippen LogP contribution in [0.4, 0.5) is 5.69 Å². The van der Waals surface area contributed by atoms with Gasteiger partial charge in [0, 0.05) is 13.2 Å². The van der Waals surface area contributed by atoms with Gasteiger partial charge in [0.05, 0.1) is 17.9 Å². The molecule has 3 N–H and O–H groups in total. The van der Waals surface area contributed by atoms with Gasteiger partial charge in [0.2, 0.25) is 5.91 Å². The van der Waals surface area contributed by atoms with Crippen molar-refractivity contribution in [1.82, 2.24) is 9.78 Å². The van der Waals surface area contributed by atoms with E-state index >= 15 is 0 Å². The highest BCUT2D eigenvalue weighted by atomic mass is 16.2. The summed E-state index contributed by atoms with van der Waals surface area (Å²) in [6.07, 6.45) is 4.02. The number of hydrogen-bond donors (Lipinski definition) is 2. The first-order valence-corrected chi connectivity index (χ1v) is 5.04. The lowest BCUT2D eigenvalue weighted by Gasteiger charge is -2.12. The fourth-order valence-corrected chi connectivity index (χ4v) is 1.34. The van der Waals surface area contributed by atoms with E-state index in [1.54, 1.807) is 24.1 Å². The molecule has 5 nitrogen and oxygen atoms in total. The second kappa shape index (κ2) is 4.93. The van der Waals surface area contributed by atoms with Crippen molar-refractivity contribution in [1.29, 1.82) is 0 Å². The van der Waals surface area contributed by atoms with Crippen LogP contribution in [0.15, 0.2) is 12.4 Å². The molecular formula is C10H18N4O. The van der Waals surface area contributed by atoms with Crippen molar-refractivity contribution in [2.45, 2.75) is 26.3 Å². The molecule has 1 aromatic rings. The molecule has 0 aliphatic carbocycles. The topological polar surface area (TPSA) is 72.9 Å². The molecule has 1 rings (SSSR count). The zero-order valence-corrected chi connectivity index (χ0v) is 9.40. The monoisotopic (exact) mass is 210 g/mol. The van der Waals surface area contributed by atoms with Gasteiger partial charge in [0.1, 0.15) is 0 Å². The van der Waals surface area contributed by atoms with Crippen LogP contribution in [0.5, 0.6) is 0 Å². The van der Waals surface area contributed by atoms with E-state index in [2.05, 4.69) is 10.4 Å². The molecule has 0 fully saturated rings. The zero-order valence-electron chi connectivity index (χ0n) is 9.40. The van der Waals surface area contributed by atoms with Gasteiger partial charge < -0.3 is 11.1 Å². The van der Waals surface area contributed by atoms with E-state index in [9.17, 15) is 4.79 Å². The molecule has 84 valence electrons. The summed E-state index contributed by atoms with van der Waals surface area (Å²) in [4.78, 5) is 11.6. The van der Waals surface area contributed by atoms with E-state index in [1.165, 1.54) is 0 Å². The molecule has 15 heavy (non-hydrogen) atoms. The normalized spacial score (nSPS) is 12.9. The maximum absolute atomic E-state index is 11.6. The Morgan fingerprint density at radius 3 is 2.80 bits per heavy atom. The summed E-state index contributed by atoms with van der Waals surface area (Å²) in [5.74, 6) is 0.261. The quantitative estimate of drug-likeness (QED) is 0.769. The van der Waals surface area contributed by atoms with Gasteiger partial charge in [-0.2, -0.15) is 5.10 Å². The third-order valence-electron chi connectivity index (χ3n) is 2.03. The number of amides is 1. The third-order valence-corrected chi connectivity index (χ3v) is 2.03. The molecule has 0 saturated heterocycles. The summed E-state index contributed by atoms with van der Waals surface area (Å²) in [7, 11) is 1.80. The second-order valence-electron chi connectivity index (χ2n) is 4.13. The standard InChI is InChI=1S/C10H18N4O/c1-7(2)4-9(11)10(15)13-8-5-12-14(3)6-8/h5-7,9H,4,11H2,1-3H3,(H,13,15)/t9-/m0/s1. The first-order valence-electron chi connectivity index (χ1n) is 5.04. The number of rotatable bonds is 4. The van der Waals surface area contributed by atoms with E-state index in [-0.39, 0.29) is 5.91 Å². The Balaban J connectivity index is 2.48. The highest BCUT2D eigenvalue weighted by Gasteiger charge is 2.15. The van der Waals surface area contributed by atoms with Crippen molar-refractivity contribution in [2.24, 2.45) is 18.7 Å². The molecule has 0 radical (unpaired) electrons. The Labute approximate surface area is 89.6 Å². The van der Waals surface area contributed by atoms with Crippen LogP contribution < -0.4 is 11.1 Å². The molecular weight excluding hydrogens is 192 g/mol. The summed E-state index contributed by atoms with van der Waals surface area (Å²) in [6, 6.07) is -0.454. The smallest absolute Gasteiger partial charge is 0.241 e. The Bertz CT molecular complexity index is 332. The highest BCUT2D eigenvalue weighted by molar-refractivity contribution is 5.94. The van der Waals surface area contributed by atoms with Gasteiger partial charge in [-0.1, -0.05) is 13.8 Å². The maximum Gasteiger partial charge on any atom is 0.241 e. The van der Waals surface area contributed by atoms with Gasteiger partial charge in [-0.3, -0.25) is 9.48 Å². The van der Waals surface area contributed by atoms with Crippen LogP contribution in [0, 0.1) is 5.92 Å². The van der Waals surface area contributed by atoms with E-state index in [0.29, 0.717) is 18.0 Å². The largest absolute Gasteiger partial charge is 0.322 e. The minimum Gasteiger partial charge on any atom is -0.322 e. The number of carbonyl (C=O) groups is 1. The summed E-state index contributed by atoms with van der Waals surface area (Å²) in [6.45, 7) is 4.08. The van der Waals surface area contributed by atoms with Gasteiger partial charge in [-0.15, -0.1) is 0 Å². The van der Waals surface area contributed by atoms with Gasteiger partial charge in [-0.05, 0) is 12.3 Å². The number of aryl methyl sites for hydroxylation is 1. The highest BCUT2D eigenvalue weighted by Crippen LogP contribution is 2.07. The summed E-state index contributed by atoms with van der Waals surface area (Å²) in [5, 5.41) is 6.67. The lowest BCUT2D eigenvalue weighted by Crippen LogP contribution is -2.36. The molecule has 0 aromatic carbocycles. The number of nitrogens with zero attached hydrogens (tertiary/aromatic N) is 2. The number of hydrogen-bond acceptors (Lipinski definition) is 3. The van der Waals surface area contributed by atoms with E-state index in [0.717, 1.165) is 0 Å². The van der Waals surface area contributed by atoms with Crippen molar-refractivity contribution in [3.8, 4) is 0 Å². The first kappa shape index (κ1) is 11.7. The van der Waals surface area contributed by atoms with E-state index in [4.69, 9.17) is 5.73 Å². The minimum atomic E-state index is -0.454. The Morgan fingerprint density at radius 1 is 1.67 bits per heavy atom. The number of aromatic nitrogens is 2. The fraction of sp³-hybridized carbons (Fsp3) is 0.600. The van der Waals surface area contributed by atoms with Crippen LogP contribution in [-0.4, -0.2) is 21.7 Å². The average molecular weight is 210 g/mol. The predicted molar refractivity (Wildman–Crippen MR) is 59.3 cm³/mol. The fourth-order valence-electron chi connectivity index (χ4n) is 1.34. The Morgan fingerprint density at radius 2 is 2.33 bits per heavy atom. The molecule has 0 aliphatic heterocycles. The van der Waals surface area contributed by atoms with Crippen LogP contribution >= 0.6 is 0 Å². The van der Waals surface area contributed by atoms with Crippen molar-refractivity contribution in [2.75, 3.05) is 5.32 Å². The van der Waals surface area contributed by atoms with Gasteiger partial charge >= 0.3 is 0 Å². The molecule has 1 amide bonds. The molecule has 0 bridgehead atoms. The number of carbonyl (C=O) groups excluding carboxylic acids is 1. The second-order valence-corrected chi connectivity index (χ2v) is 4.13. The molecule has 5 heteroatoms. The van der Waals surface area contributed by atoms with Crippen LogP contribution in [-0.2, 0) is 11.8 Å². The number of anilines is 1. The van der Waals surface area contributed by atoms with E-state index < -0.39 is 6.04 Å². The average Bonchev–Trinajstić information content (AvgIpc) is 2.50. The number of nitrogens with one attached hydrogen (secondary N) is 1. The third kappa shape index (κ3) is 3.71. The molecule has 1 aromatic heterocycles. The molecule has 1 atom stereocenters. The lowest BCUT2D eigenvalue weighted by atomic mass is 10.0. The van der Waals surface area contributed by atoms with Gasteiger partial charge in [0.15, 0.2) is 0 Å². The SMILES string of the molecule is CC(C)C[C@H](N)C(=O)Nc1cnn(C)c1. The van der Waals surface area contributed by atoms with E-state index in [1.807, 2.05) is 13.8 Å². The Kier molecular flexibility index (Phi) is 3.85. The lowest BCUT2D eigenvalue weighted by molar-refractivity contribution is -0.117. The van der Waals surface area contributed by atoms with Crippen LogP contribution in [0.25, 0.3) is 0 Å². The van der Waals surface area contributed by atoms with Crippen LogP contribution in [0.1, 0.15) is 20.3 Å². The predicted octanol–water partition coefficient (Wildman–Crippen LogP) is 0.732. The summed E-state index contributed by atoms with van der Waals surface area (Å²) < 4.78 is 1.63. The van der Waals surface area contributed by atoms with Gasteiger partial charge in [0.25, 0.3) is 0 Å². The minimum absolute atomic E-state index is 0.156. The number of nitrogens with two attached hydrogens (primary N) is 1. The van der Waals surface area contributed by atoms with Crippen molar-refractivity contribution < 1.29 is 4.79 Å². The molecule has 0 spiro atoms. The van der Waals surface area contributed by atoms with Crippen molar-refractivity contribution in [3.05, 3.63) is 12.4 Å². The Hall–Kier alpha value is -1.36. The van der Waals surface area contributed by atoms with Crippen molar-refractivity contribution in [3.63, 3.8) is 0 Å². The summed E-state index contributed by atoms with van der Waals surface area (Å²) in [5.41, 5.74) is 6.42. The first-order chi connectivity index (χ1) is 6.99. The van der Waals surface area contributed by atoms with Gasteiger partial charge in [-0.25, -0.2) is 0 Å². The molecule has 1 heterocycles. The molecule has 0 aliphatic rings. The van der Waals surface area contributed by atoms with Crippen molar-refractivity contribution >= 4 is 11.6 Å². The van der Waals surface area contributed by atoms with Crippen LogP contribution in [0.3, 0.4) is 0 Å². The zero-order chi connectivity index (χ0) is 11.4. The molecule has 0 saturated carbocycles.